The topological polar surface area (TPSA) is 113 Å². The second-order valence-corrected chi connectivity index (χ2v) is 10.2. The maximum atomic E-state index is 13.7. The first-order valence-corrected chi connectivity index (χ1v) is 12.7. The summed E-state index contributed by atoms with van der Waals surface area (Å²) in [4.78, 5) is 53.5. The maximum Gasteiger partial charge on any atom is 0.352 e. The molecular weight excluding hydrogens is 589 g/mol. The van der Waals surface area contributed by atoms with Crippen LogP contribution < -0.4 is 16.1 Å². The summed E-state index contributed by atoms with van der Waals surface area (Å²) in [7, 11) is 1.48. The molecule has 0 amide bonds. The van der Waals surface area contributed by atoms with E-state index in [1.165, 1.54) is 28.6 Å². The van der Waals surface area contributed by atoms with Gasteiger partial charge in [-0.2, -0.15) is 0 Å². The highest BCUT2D eigenvalue weighted by Crippen LogP contribution is 2.52. The van der Waals surface area contributed by atoms with Crippen molar-refractivity contribution < 1.29 is 19.4 Å². The molecule has 1 N–H and O–H groups in total. The van der Waals surface area contributed by atoms with Crippen molar-refractivity contribution in [3.8, 4) is 17.2 Å². The Morgan fingerprint density at radius 2 is 1.78 bits per heavy atom. The first-order valence-electron chi connectivity index (χ1n) is 11.6. The molecule has 2 unspecified atom stereocenters. The summed E-state index contributed by atoms with van der Waals surface area (Å²) < 4.78 is 9.35. The monoisotopic (exact) mass is 609 g/mol. The Bertz CT molecular complexity index is 1720. The fraction of sp³-hybridized carbons (Fsp3) is 0.185. The van der Waals surface area contributed by atoms with E-state index >= 15 is 0 Å². The maximum absolute atomic E-state index is 13.7. The van der Waals surface area contributed by atoms with Gasteiger partial charge in [-0.25, -0.2) is 23.5 Å². The SMILES string of the molecule is COc1ccc(C2C3=CCn4c(=O)n(-c5ccccc5)c(=O)n4C3CC3=C2C(=O)C(I)=CC3=O)c(O)c1. The molecule has 6 rings (SSSR count). The van der Waals surface area contributed by atoms with Crippen molar-refractivity contribution in [3.05, 3.63) is 108 Å². The zero-order valence-electron chi connectivity index (χ0n) is 19.6. The van der Waals surface area contributed by atoms with Crippen LogP contribution in [0.1, 0.15) is 23.9 Å². The van der Waals surface area contributed by atoms with Gasteiger partial charge in [0.25, 0.3) is 0 Å². The fourth-order valence-corrected chi connectivity index (χ4v) is 6.09. The zero-order valence-corrected chi connectivity index (χ0v) is 21.7. The molecule has 3 aliphatic rings. The van der Waals surface area contributed by atoms with Crippen molar-refractivity contribution in [3.63, 3.8) is 0 Å². The van der Waals surface area contributed by atoms with Gasteiger partial charge in [0.1, 0.15) is 11.5 Å². The minimum atomic E-state index is -0.773. The molecule has 0 bridgehead atoms. The largest absolute Gasteiger partial charge is 0.507 e. The molecule has 3 aromatic rings. The number of ether oxygens (including phenoxy) is 1. The van der Waals surface area contributed by atoms with E-state index in [1.54, 1.807) is 42.5 Å². The van der Waals surface area contributed by atoms with E-state index in [9.17, 15) is 24.3 Å². The lowest BCUT2D eigenvalue weighted by Crippen LogP contribution is -2.40. The quantitative estimate of drug-likeness (QED) is 0.278. The molecule has 1 aromatic heterocycles. The van der Waals surface area contributed by atoms with Crippen LogP contribution in [-0.4, -0.2) is 37.7 Å². The number of carbonyl (C=O) groups is 2. The highest BCUT2D eigenvalue weighted by atomic mass is 127. The molecule has 37 heavy (non-hydrogen) atoms. The van der Waals surface area contributed by atoms with Gasteiger partial charge in [-0.3, -0.25) is 9.59 Å². The lowest BCUT2D eigenvalue weighted by atomic mass is 9.68. The summed E-state index contributed by atoms with van der Waals surface area (Å²) in [6, 6.07) is 12.7. The molecule has 2 aromatic carbocycles. The van der Waals surface area contributed by atoms with E-state index in [0.29, 0.717) is 31.7 Å². The van der Waals surface area contributed by atoms with E-state index in [-0.39, 0.29) is 35.9 Å². The minimum absolute atomic E-state index is 0.0811. The third-order valence-corrected chi connectivity index (χ3v) is 7.97. The number of fused-ring (bicyclic) bond motifs is 3. The first-order chi connectivity index (χ1) is 17.8. The highest BCUT2D eigenvalue weighted by Gasteiger charge is 2.45. The minimum Gasteiger partial charge on any atom is -0.507 e. The summed E-state index contributed by atoms with van der Waals surface area (Å²) in [5.41, 5.74) is 1.10. The Balaban J connectivity index is 1.59. The van der Waals surface area contributed by atoms with Gasteiger partial charge in [0.05, 0.1) is 29.0 Å². The van der Waals surface area contributed by atoms with Gasteiger partial charge in [-0.05, 0) is 46.4 Å². The Labute approximate surface area is 223 Å². The molecular formula is C27H20IN3O6. The van der Waals surface area contributed by atoms with Gasteiger partial charge < -0.3 is 9.84 Å². The predicted molar refractivity (Wildman–Crippen MR) is 143 cm³/mol. The third-order valence-electron chi connectivity index (χ3n) is 7.16. The number of methoxy groups -OCH3 is 1. The number of benzene rings is 2. The number of phenols is 1. The molecule has 1 aliphatic heterocycles. The number of nitrogens with zero attached hydrogens (tertiary/aromatic N) is 3. The number of hydrogen-bond donors (Lipinski definition) is 1. The Hall–Kier alpha value is -3.93. The number of para-hydroxylation sites is 1. The molecule has 2 heterocycles. The van der Waals surface area contributed by atoms with Crippen molar-refractivity contribution >= 4 is 34.2 Å². The number of carbonyl (C=O) groups excluding carboxylic acids is 2. The van der Waals surface area contributed by atoms with Gasteiger partial charge in [0, 0.05) is 41.2 Å². The number of ketones is 2. The van der Waals surface area contributed by atoms with E-state index in [0.717, 1.165) is 4.57 Å². The van der Waals surface area contributed by atoms with Crippen molar-refractivity contribution in [1.82, 2.24) is 13.9 Å². The number of hydrogen-bond acceptors (Lipinski definition) is 6. The number of aromatic nitrogens is 3. The number of phenolic OH excluding ortho intramolecular Hbond substituents is 1. The molecule has 9 nitrogen and oxygen atoms in total. The number of Topliss-reactive ketones (excluding diaryl/α,β-unsaturated/α-hetero) is 1. The van der Waals surface area contributed by atoms with Crippen LogP contribution in [0.4, 0.5) is 0 Å². The van der Waals surface area contributed by atoms with Gasteiger partial charge in [-0.15, -0.1) is 0 Å². The Morgan fingerprint density at radius 1 is 1.03 bits per heavy atom. The van der Waals surface area contributed by atoms with Crippen molar-refractivity contribution in [2.24, 2.45) is 0 Å². The molecule has 0 saturated heterocycles. The normalized spacial score (nSPS) is 20.6. The summed E-state index contributed by atoms with van der Waals surface area (Å²) in [5.74, 6) is -1.03. The lowest BCUT2D eigenvalue weighted by molar-refractivity contribution is -0.115. The Morgan fingerprint density at radius 3 is 2.49 bits per heavy atom. The van der Waals surface area contributed by atoms with Crippen molar-refractivity contribution in [2.75, 3.05) is 7.11 Å². The molecule has 186 valence electrons. The van der Waals surface area contributed by atoms with Crippen LogP contribution in [0.5, 0.6) is 11.5 Å². The van der Waals surface area contributed by atoms with Crippen LogP contribution >= 0.6 is 22.6 Å². The molecule has 0 saturated carbocycles. The van der Waals surface area contributed by atoms with Gasteiger partial charge in [0.2, 0.25) is 0 Å². The first kappa shape index (κ1) is 23.5. The van der Waals surface area contributed by atoms with E-state index in [2.05, 4.69) is 0 Å². The fourth-order valence-electron chi connectivity index (χ4n) is 5.52. The van der Waals surface area contributed by atoms with Crippen LogP contribution in [0.15, 0.2) is 90.6 Å². The molecule has 10 heteroatoms. The van der Waals surface area contributed by atoms with Crippen molar-refractivity contribution in [2.45, 2.75) is 24.9 Å². The molecule has 0 fully saturated rings. The molecule has 2 aliphatic carbocycles. The summed E-state index contributed by atoms with van der Waals surface area (Å²) in [6.45, 7) is 0.102. The third kappa shape index (κ3) is 3.42. The van der Waals surface area contributed by atoms with Gasteiger partial charge in [-0.1, -0.05) is 30.3 Å². The van der Waals surface area contributed by atoms with E-state index < -0.39 is 23.3 Å². The standard InChI is InChI=1S/C27H20IN3O6/c1-37-15-7-8-17(21(32)11-15)23-16-9-10-29-26(35)30(14-5-3-2-4-6-14)27(36)31(29)20(16)12-18-22(33)13-19(28)25(34)24(18)23/h2-9,11,13,20,23,32H,10,12H2,1H3. The van der Waals surface area contributed by atoms with Gasteiger partial charge >= 0.3 is 11.4 Å². The summed E-state index contributed by atoms with van der Waals surface area (Å²) in [5, 5.41) is 10.9. The molecule has 0 radical (unpaired) electrons. The van der Waals surface area contributed by atoms with Crippen LogP contribution in [0.25, 0.3) is 5.69 Å². The van der Waals surface area contributed by atoms with Crippen LogP contribution in [-0.2, 0) is 16.1 Å². The van der Waals surface area contributed by atoms with E-state index in [1.807, 2.05) is 28.7 Å². The number of rotatable bonds is 3. The summed E-state index contributed by atoms with van der Waals surface area (Å²) >= 11 is 1.85. The molecule has 2 atom stereocenters. The van der Waals surface area contributed by atoms with Crippen LogP contribution in [0, 0.1) is 0 Å². The average molecular weight is 609 g/mol. The summed E-state index contributed by atoms with van der Waals surface area (Å²) in [6.07, 6.45) is 3.20. The smallest absolute Gasteiger partial charge is 0.352 e. The zero-order chi connectivity index (χ0) is 26.0. The molecule has 0 spiro atoms. The average Bonchev–Trinajstić information content (AvgIpc) is 3.16. The number of allylic oxidation sites excluding steroid dienone is 6. The number of aromatic hydroxyl groups is 1. The van der Waals surface area contributed by atoms with Crippen LogP contribution in [0.3, 0.4) is 0 Å². The Kier molecular flexibility index (Phi) is 5.44. The predicted octanol–water partition coefficient (Wildman–Crippen LogP) is 2.95. The van der Waals surface area contributed by atoms with E-state index in [4.69, 9.17) is 4.74 Å². The second kappa shape index (κ2) is 8.58. The van der Waals surface area contributed by atoms with Crippen molar-refractivity contribution in [1.29, 1.82) is 0 Å². The van der Waals surface area contributed by atoms with Crippen LogP contribution in [0.2, 0.25) is 0 Å². The second-order valence-electron chi connectivity index (χ2n) is 9.02. The van der Waals surface area contributed by atoms with Gasteiger partial charge in [0.15, 0.2) is 11.6 Å². The lowest BCUT2D eigenvalue weighted by Gasteiger charge is -2.39. The number of halogens is 1. The highest BCUT2D eigenvalue weighted by molar-refractivity contribution is 14.1.